The fourth-order valence-electron chi connectivity index (χ4n) is 1.23. The first-order valence-corrected chi connectivity index (χ1v) is 4.90. The number of rotatable bonds is 4. The van der Waals surface area contributed by atoms with Crippen molar-refractivity contribution in [1.29, 1.82) is 0 Å². The van der Waals surface area contributed by atoms with Gasteiger partial charge >= 0.3 is 0 Å². The van der Waals surface area contributed by atoms with E-state index in [0.29, 0.717) is 0 Å². The zero-order valence-corrected chi connectivity index (χ0v) is 8.51. The number of benzene rings is 1. The highest BCUT2D eigenvalue weighted by Crippen LogP contribution is 2.20. The van der Waals surface area contributed by atoms with Gasteiger partial charge in [-0.15, -0.1) is 5.10 Å². The molecule has 1 aromatic carbocycles. The van der Waals surface area contributed by atoms with Crippen LogP contribution in [0.25, 0.3) is 11.3 Å². The molecule has 0 radical (unpaired) electrons. The van der Waals surface area contributed by atoms with Crippen LogP contribution in [0.4, 0.5) is 0 Å². The van der Waals surface area contributed by atoms with E-state index in [1.165, 1.54) is 6.26 Å². The van der Waals surface area contributed by atoms with E-state index in [4.69, 9.17) is 4.74 Å². The van der Waals surface area contributed by atoms with Crippen LogP contribution in [-0.4, -0.2) is 17.0 Å². The second-order valence-electron chi connectivity index (χ2n) is 3.16. The highest BCUT2D eigenvalue weighted by molar-refractivity contribution is 5.58. The number of nitrogens with zero attached hydrogens (tertiary/aromatic N) is 2. The van der Waals surface area contributed by atoms with Gasteiger partial charge in [0.1, 0.15) is 11.4 Å². The summed E-state index contributed by atoms with van der Waals surface area (Å²) in [4.78, 5) is 0. The fraction of sp³-hybridized carbons (Fsp3) is 0.273. The Balaban J connectivity index is 2.11. The average molecular weight is 204 g/mol. The number of ether oxygens (including phenoxy) is 1. The maximum absolute atomic E-state index is 5.47. The van der Waals surface area contributed by atoms with Gasteiger partial charge in [0.15, 0.2) is 6.26 Å². The first kappa shape index (κ1) is 9.71. The molecule has 1 heterocycles. The first-order chi connectivity index (χ1) is 7.40. The molecule has 0 unspecified atom stereocenters. The summed E-state index contributed by atoms with van der Waals surface area (Å²) in [6, 6.07) is 7.70. The third-order valence-corrected chi connectivity index (χ3v) is 1.98. The van der Waals surface area contributed by atoms with Crippen molar-refractivity contribution in [2.24, 2.45) is 0 Å². The molecule has 0 fully saturated rings. The molecule has 0 saturated carbocycles. The molecular formula is C11H12N2O2. The van der Waals surface area contributed by atoms with Gasteiger partial charge in [0, 0.05) is 10.8 Å². The third kappa shape index (κ3) is 2.34. The summed E-state index contributed by atoms with van der Waals surface area (Å²) in [6.07, 6.45) is 2.52. The van der Waals surface area contributed by atoms with Gasteiger partial charge in [0.05, 0.1) is 6.61 Å². The predicted molar refractivity (Wildman–Crippen MR) is 55.5 cm³/mol. The topological polar surface area (TPSA) is 48.2 Å². The van der Waals surface area contributed by atoms with Crippen LogP contribution < -0.4 is 4.74 Å². The van der Waals surface area contributed by atoms with Crippen molar-refractivity contribution >= 4 is 0 Å². The molecule has 15 heavy (non-hydrogen) atoms. The van der Waals surface area contributed by atoms with Crippen LogP contribution in [0.15, 0.2) is 35.1 Å². The Morgan fingerprint density at radius 1 is 1.27 bits per heavy atom. The number of aromatic nitrogens is 2. The van der Waals surface area contributed by atoms with E-state index in [2.05, 4.69) is 21.8 Å². The lowest BCUT2D eigenvalue weighted by atomic mass is 10.2. The molecule has 4 nitrogen and oxygen atoms in total. The minimum atomic E-state index is 0.733. The van der Waals surface area contributed by atoms with E-state index in [9.17, 15) is 0 Å². The molecule has 4 heteroatoms. The lowest BCUT2D eigenvalue weighted by molar-refractivity contribution is 0.317. The van der Waals surface area contributed by atoms with Gasteiger partial charge in [0.25, 0.3) is 0 Å². The summed E-state index contributed by atoms with van der Waals surface area (Å²) in [5.74, 6) is 0.872. The predicted octanol–water partition coefficient (Wildman–Crippen LogP) is 2.53. The first-order valence-electron chi connectivity index (χ1n) is 4.90. The zero-order chi connectivity index (χ0) is 10.5. The standard InChI is InChI=1S/C11H12N2O2/c1-2-7-14-10-5-3-9(4-6-10)11-8-15-13-12-11/h3-6,8H,2,7H2,1H3. The molecule has 0 amide bonds. The van der Waals surface area contributed by atoms with Crippen molar-refractivity contribution in [3.63, 3.8) is 0 Å². The second-order valence-corrected chi connectivity index (χ2v) is 3.16. The van der Waals surface area contributed by atoms with E-state index >= 15 is 0 Å². The molecule has 2 aromatic rings. The molecule has 2 rings (SSSR count). The summed E-state index contributed by atoms with van der Waals surface area (Å²) in [5, 5.41) is 7.24. The number of hydrogen-bond acceptors (Lipinski definition) is 4. The summed E-state index contributed by atoms with van der Waals surface area (Å²) >= 11 is 0. The molecule has 0 spiro atoms. The van der Waals surface area contributed by atoms with Crippen molar-refractivity contribution in [1.82, 2.24) is 10.4 Å². The Kier molecular flexibility index (Phi) is 2.97. The lowest BCUT2D eigenvalue weighted by Gasteiger charge is -2.04. The van der Waals surface area contributed by atoms with Crippen molar-refractivity contribution in [3.05, 3.63) is 30.5 Å². The van der Waals surface area contributed by atoms with Crippen LogP contribution in [-0.2, 0) is 0 Å². The van der Waals surface area contributed by atoms with Crippen molar-refractivity contribution in [2.45, 2.75) is 13.3 Å². The molecule has 0 aliphatic carbocycles. The molecule has 0 N–H and O–H groups in total. The van der Waals surface area contributed by atoms with E-state index < -0.39 is 0 Å². The summed E-state index contributed by atoms with van der Waals surface area (Å²) in [5.41, 5.74) is 1.71. The Labute approximate surface area is 87.9 Å². The van der Waals surface area contributed by atoms with Crippen LogP contribution >= 0.6 is 0 Å². The molecular weight excluding hydrogens is 192 g/mol. The summed E-state index contributed by atoms with van der Waals surface area (Å²) in [7, 11) is 0. The van der Waals surface area contributed by atoms with E-state index in [1.54, 1.807) is 0 Å². The van der Waals surface area contributed by atoms with Gasteiger partial charge in [-0.2, -0.15) is 0 Å². The van der Waals surface area contributed by atoms with Crippen molar-refractivity contribution in [3.8, 4) is 17.0 Å². The maximum Gasteiger partial charge on any atom is 0.152 e. The SMILES string of the molecule is CCCOc1ccc(-c2conn2)cc1. The van der Waals surface area contributed by atoms with Gasteiger partial charge in [-0.05, 0) is 30.7 Å². The minimum absolute atomic E-state index is 0.733. The third-order valence-electron chi connectivity index (χ3n) is 1.98. The molecule has 78 valence electrons. The van der Waals surface area contributed by atoms with Gasteiger partial charge < -0.3 is 9.26 Å². The summed E-state index contributed by atoms with van der Waals surface area (Å²) < 4.78 is 10.1. The van der Waals surface area contributed by atoms with Crippen LogP contribution in [0.5, 0.6) is 5.75 Å². The Morgan fingerprint density at radius 2 is 2.07 bits per heavy atom. The quantitative estimate of drug-likeness (QED) is 0.767. The molecule has 0 aliphatic heterocycles. The minimum Gasteiger partial charge on any atom is -0.494 e. The molecule has 0 bridgehead atoms. The van der Waals surface area contributed by atoms with E-state index in [-0.39, 0.29) is 0 Å². The number of hydrogen-bond donors (Lipinski definition) is 0. The monoisotopic (exact) mass is 204 g/mol. The normalized spacial score (nSPS) is 10.2. The van der Waals surface area contributed by atoms with E-state index in [0.717, 1.165) is 30.0 Å². The highest BCUT2D eigenvalue weighted by Gasteiger charge is 2.01. The highest BCUT2D eigenvalue weighted by atomic mass is 16.5. The summed E-state index contributed by atoms with van der Waals surface area (Å²) in [6.45, 7) is 2.82. The molecule has 1 aromatic heterocycles. The Bertz CT molecular complexity index is 395. The van der Waals surface area contributed by atoms with E-state index in [1.807, 2.05) is 24.3 Å². The van der Waals surface area contributed by atoms with Crippen molar-refractivity contribution < 1.29 is 9.26 Å². The maximum atomic E-state index is 5.47. The smallest absolute Gasteiger partial charge is 0.152 e. The van der Waals surface area contributed by atoms with Gasteiger partial charge in [-0.1, -0.05) is 6.92 Å². The van der Waals surface area contributed by atoms with Crippen LogP contribution in [0, 0.1) is 0 Å². The van der Waals surface area contributed by atoms with Gasteiger partial charge in [0.2, 0.25) is 0 Å². The zero-order valence-electron chi connectivity index (χ0n) is 8.51. The van der Waals surface area contributed by atoms with Crippen LogP contribution in [0.2, 0.25) is 0 Å². The average Bonchev–Trinajstić information content (AvgIpc) is 2.80. The largest absolute Gasteiger partial charge is 0.494 e. The molecule has 0 aliphatic rings. The molecule has 0 saturated heterocycles. The van der Waals surface area contributed by atoms with Gasteiger partial charge in [-0.3, -0.25) is 0 Å². The second kappa shape index (κ2) is 4.59. The lowest BCUT2D eigenvalue weighted by Crippen LogP contribution is -1.94. The van der Waals surface area contributed by atoms with Gasteiger partial charge in [-0.25, -0.2) is 0 Å². The van der Waals surface area contributed by atoms with Crippen LogP contribution in [0.1, 0.15) is 13.3 Å². The fourth-order valence-corrected chi connectivity index (χ4v) is 1.23. The Morgan fingerprint density at radius 3 is 2.67 bits per heavy atom. The van der Waals surface area contributed by atoms with Crippen LogP contribution in [0.3, 0.4) is 0 Å². The molecule has 0 atom stereocenters. The Hall–Kier alpha value is -1.84. The van der Waals surface area contributed by atoms with Crippen molar-refractivity contribution in [2.75, 3.05) is 6.61 Å².